The minimum Gasteiger partial charge on any atom is -0.497 e. The molecule has 270 valence electrons. The van der Waals surface area contributed by atoms with Gasteiger partial charge in [0.05, 0.1) is 60.0 Å². The van der Waals surface area contributed by atoms with Crippen molar-refractivity contribution in [2.45, 2.75) is 91.0 Å². The number of hydrogen-bond acceptors (Lipinski definition) is 11. The second-order valence-electron chi connectivity index (χ2n) is 12.9. The summed E-state index contributed by atoms with van der Waals surface area (Å²) >= 11 is 0. The van der Waals surface area contributed by atoms with E-state index in [9.17, 15) is 14.2 Å². The Kier molecular flexibility index (Phi) is 17.5. The van der Waals surface area contributed by atoms with Crippen molar-refractivity contribution in [2.24, 2.45) is 0 Å². The first-order chi connectivity index (χ1) is 22.6. The summed E-state index contributed by atoms with van der Waals surface area (Å²) in [5.74, 6) is 0.482. The van der Waals surface area contributed by atoms with Crippen LogP contribution in [0.4, 0.5) is 0 Å². The molecule has 2 atom stereocenters. The third-order valence-electron chi connectivity index (χ3n) is 7.91. The van der Waals surface area contributed by atoms with Crippen molar-refractivity contribution in [1.29, 1.82) is 0 Å². The first-order valence-corrected chi connectivity index (χ1v) is 21.0. The lowest BCUT2D eigenvalue weighted by atomic mass is 10.1. The number of methoxy groups -OCH3 is 2. The lowest BCUT2D eigenvalue weighted by Gasteiger charge is -2.39. The molecule has 0 saturated carbocycles. The lowest BCUT2D eigenvalue weighted by molar-refractivity contribution is -0.151. The molecule has 2 aromatic carbocycles. The van der Waals surface area contributed by atoms with Crippen molar-refractivity contribution >= 4 is 27.7 Å². The number of carbonyl (C=O) groups is 2. The highest BCUT2D eigenvalue weighted by Crippen LogP contribution is 2.48. The maximum atomic E-state index is 13.6. The monoisotopic (exact) mass is 710 g/mol. The van der Waals surface area contributed by atoms with Gasteiger partial charge in [0, 0.05) is 12.8 Å². The fourth-order valence-corrected chi connectivity index (χ4v) is 7.19. The van der Waals surface area contributed by atoms with Crippen LogP contribution in [-0.4, -0.2) is 79.1 Å². The predicted molar refractivity (Wildman–Crippen MR) is 187 cm³/mol. The van der Waals surface area contributed by atoms with Gasteiger partial charge in [-0.25, -0.2) is 0 Å². The molecule has 0 aliphatic rings. The highest BCUT2D eigenvalue weighted by Gasteiger charge is 2.40. The van der Waals surface area contributed by atoms with Crippen LogP contribution in [0.1, 0.15) is 58.6 Å². The third kappa shape index (κ3) is 14.9. The summed E-state index contributed by atoms with van der Waals surface area (Å²) in [6.07, 6.45) is -2.10. The Morgan fingerprint density at radius 2 is 1.19 bits per heavy atom. The second kappa shape index (κ2) is 20.2. The maximum absolute atomic E-state index is 13.6. The van der Waals surface area contributed by atoms with Gasteiger partial charge >= 0.3 is 13.6 Å². The quantitative estimate of drug-likeness (QED) is 0.0653. The van der Waals surface area contributed by atoms with E-state index in [1.165, 1.54) is 0 Å². The van der Waals surface area contributed by atoms with Crippen molar-refractivity contribution in [3.63, 3.8) is 0 Å². The number of esters is 1. The molecule has 48 heavy (non-hydrogen) atoms. The van der Waals surface area contributed by atoms with Crippen LogP contribution < -0.4 is 9.47 Å². The van der Waals surface area contributed by atoms with Crippen molar-refractivity contribution in [1.82, 2.24) is 0 Å². The van der Waals surface area contributed by atoms with E-state index in [2.05, 4.69) is 33.9 Å². The summed E-state index contributed by atoms with van der Waals surface area (Å²) in [5, 5.41) is -0.0906. The molecule has 13 heteroatoms. The van der Waals surface area contributed by atoms with Crippen molar-refractivity contribution < 1.29 is 51.3 Å². The van der Waals surface area contributed by atoms with E-state index in [1.807, 2.05) is 48.5 Å². The van der Waals surface area contributed by atoms with Gasteiger partial charge in [0.2, 0.25) is 0 Å². The third-order valence-corrected chi connectivity index (χ3v) is 14.4. The van der Waals surface area contributed by atoms with E-state index in [1.54, 1.807) is 28.1 Å². The SMILES string of the molecule is CCOP(=O)(CC(=O)O[C@@H](COCc1ccc(OC)cc1)CC(=O)C[C@H](COCc1ccc(OC)cc1)O[Si](C)(C)C(C)(C)C)OCC. The van der Waals surface area contributed by atoms with Gasteiger partial charge in [-0.2, -0.15) is 0 Å². The molecule has 0 aliphatic heterocycles. The zero-order valence-corrected chi connectivity index (χ0v) is 32.0. The van der Waals surface area contributed by atoms with Gasteiger partial charge in [0.15, 0.2) is 8.32 Å². The van der Waals surface area contributed by atoms with Crippen LogP contribution >= 0.6 is 7.60 Å². The zero-order valence-electron chi connectivity index (χ0n) is 30.1. The molecule has 0 bridgehead atoms. The van der Waals surface area contributed by atoms with E-state index in [-0.39, 0.29) is 56.7 Å². The Morgan fingerprint density at radius 1 is 0.750 bits per heavy atom. The summed E-state index contributed by atoms with van der Waals surface area (Å²) in [4.78, 5) is 26.5. The molecular formula is C35H55O11PSi. The van der Waals surface area contributed by atoms with Crippen LogP contribution in [0.5, 0.6) is 11.5 Å². The Hall–Kier alpha value is -2.57. The minimum absolute atomic E-state index is 0.0536. The number of ketones is 1. The van der Waals surface area contributed by atoms with Crippen molar-refractivity contribution in [2.75, 3.05) is 46.8 Å². The average molecular weight is 711 g/mol. The molecule has 0 spiro atoms. The molecule has 2 rings (SSSR count). The topological polar surface area (TPSA) is 125 Å². The molecule has 0 radical (unpaired) electrons. The van der Waals surface area contributed by atoms with Crippen LogP contribution in [-0.2, 0) is 55.1 Å². The predicted octanol–water partition coefficient (Wildman–Crippen LogP) is 7.35. The highest BCUT2D eigenvalue weighted by molar-refractivity contribution is 7.54. The largest absolute Gasteiger partial charge is 0.497 e. The molecule has 2 aromatic rings. The average Bonchev–Trinajstić information content (AvgIpc) is 3.01. The summed E-state index contributed by atoms with van der Waals surface area (Å²) in [5.41, 5.74) is 1.84. The molecule has 0 saturated heterocycles. The molecule has 0 aromatic heterocycles. The lowest BCUT2D eigenvalue weighted by Crippen LogP contribution is -2.45. The standard InChI is InChI=1S/C35H55O11PSi/c1-10-43-47(38,44-11-2)26-34(37)45-32(24-41-22-27-12-16-30(39-6)17-13-27)20-29(36)21-33(46-48(8,9)35(3,4)5)25-42-23-28-14-18-31(40-7)19-15-28/h12-19,32-33H,10-11,20-26H2,1-9H3/t32-,33-/m1/s1. The van der Waals surface area contributed by atoms with E-state index >= 15 is 0 Å². The van der Waals surface area contributed by atoms with Crippen LogP contribution in [0, 0.1) is 0 Å². The summed E-state index contributed by atoms with van der Waals surface area (Å²) in [6.45, 7) is 14.9. The number of ether oxygens (including phenoxy) is 5. The highest BCUT2D eigenvalue weighted by atomic mass is 31.2. The van der Waals surface area contributed by atoms with Gasteiger partial charge < -0.3 is 37.2 Å². The van der Waals surface area contributed by atoms with Crippen LogP contribution in [0.3, 0.4) is 0 Å². The summed E-state index contributed by atoms with van der Waals surface area (Å²) < 4.78 is 58.2. The van der Waals surface area contributed by atoms with Gasteiger partial charge in [-0.05, 0) is 67.4 Å². The zero-order chi connectivity index (χ0) is 35.8. The van der Waals surface area contributed by atoms with Gasteiger partial charge in [-0.3, -0.25) is 14.2 Å². The summed E-state index contributed by atoms with van der Waals surface area (Å²) in [7, 11) is -2.78. The van der Waals surface area contributed by atoms with Crippen molar-refractivity contribution in [3.8, 4) is 11.5 Å². The fourth-order valence-electron chi connectivity index (χ4n) is 4.42. The molecule has 0 amide bonds. The van der Waals surface area contributed by atoms with Gasteiger partial charge in [0.1, 0.15) is 29.5 Å². The van der Waals surface area contributed by atoms with Crippen LogP contribution in [0.15, 0.2) is 48.5 Å². The van der Waals surface area contributed by atoms with Crippen LogP contribution in [0.2, 0.25) is 18.1 Å². The van der Waals surface area contributed by atoms with Crippen LogP contribution in [0.25, 0.3) is 0 Å². The fraction of sp³-hybridized carbons (Fsp3) is 0.600. The normalized spacial score (nSPS) is 13.5. The molecule has 0 heterocycles. The van der Waals surface area contributed by atoms with Gasteiger partial charge in [0.25, 0.3) is 0 Å². The Balaban J connectivity index is 2.16. The van der Waals surface area contributed by atoms with Gasteiger partial charge in [-0.1, -0.05) is 45.0 Å². The molecular weight excluding hydrogens is 655 g/mol. The van der Waals surface area contributed by atoms with E-state index in [4.69, 9.17) is 37.2 Å². The number of benzene rings is 2. The Labute approximate surface area is 287 Å². The van der Waals surface area contributed by atoms with E-state index < -0.39 is 40.3 Å². The van der Waals surface area contributed by atoms with Crippen molar-refractivity contribution in [3.05, 3.63) is 59.7 Å². The number of rotatable bonds is 23. The summed E-state index contributed by atoms with van der Waals surface area (Å²) in [6, 6.07) is 14.9. The molecule has 0 aliphatic carbocycles. The molecule has 0 N–H and O–H groups in total. The number of carbonyl (C=O) groups excluding carboxylic acids is 2. The Morgan fingerprint density at radius 3 is 1.60 bits per heavy atom. The molecule has 11 nitrogen and oxygen atoms in total. The minimum atomic E-state index is -3.70. The van der Waals surface area contributed by atoms with E-state index in [0.717, 1.165) is 16.9 Å². The van der Waals surface area contributed by atoms with E-state index in [0.29, 0.717) is 12.4 Å². The van der Waals surface area contributed by atoms with Gasteiger partial charge in [-0.15, -0.1) is 0 Å². The second-order valence-corrected chi connectivity index (χ2v) is 19.7. The molecule has 0 unspecified atom stereocenters. The smallest absolute Gasteiger partial charge is 0.341 e. The molecule has 0 fully saturated rings. The first kappa shape index (κ1) is 41.6. The maximum Gasteiger partial charge on any atom is 0.341 e. The first-order valence-electron chi connectivity index (χ1n) is 16.3. The number of Topliss-reactive ketones (excluding diaryl/α,β-unsaturated/α-hetero) is 1. The number of hydrogen-bond donors (Lipinski definition) is 0. The Bertz CT molecular complexity index is 1280.